The van der Waals surface area contributed by atoms with E-state index in [1.165, 1.54) is 6.33 Å². The minimum Gasteiger partial charge on any atom is -0.383 e. The van der Waals surface area contributed by atoms with Crippen LogP contribution in [0, 0.1) is 12.8 Å². The number of nitrogens with one attached hydrogen (secondary N) is 1. The maximum Gasteiger partial charge on any atom is 0.239 e. The molecule has 0 bridgehead atoms. The molecule has 1 rings (SSSR count). The van der Waals surface area contributed by atoms with Gasteiger partial charge in [-0.25, -0.2) is 9.97 Å². The van der Waals surface area contributed by atoms with Crippen molar-refractivity contribution in [3.05, 3.63) is 11.9 Å². The number of anilines is 2. The second kappa shape index (κ2) is 6.18. The maximum absolute atomic E-state index is 11.7. The number of carbonyl (C=O) groups excluding carboxylic acids is 1. The van der Waals surface area contributed by atoms with Crippen molar-refractivity contribution in [2.45, 2.75) is 20.8 Å². The quantitative estimate of drug-likeness (QED) is 0.799. The van der Waals surface area contributed by atoms with Crippen LogP contribution in [0.15, 0.2) is 6.33 Å². The van der Waals surface area contributed by atoms with E-state index in [4.69, 9.17) is 5.73 Å². The molecule has 0 aliphatic rings. The van der Waals surface area contributed by atoms with E-state index in [1.54, 1.807) is 4.90 Å². The second-order valence-electron chi connectivity index (χ2n) is 4.76. The van der Waals surface area contributed by atoms with Gasteiger partial charge in [0.05, 0.1) is 6.54 Å². The van der Waals surface area contributed by atoms with Crippen LogP contribution in [-0.2, 0) is 4.79 Å². The molecular formula is C12H21N5O. The van der Waals surface area contributed by atoms with Crippen molar-refractivity contribution in [3.8, 4) is 0 Å². The van der Waals surface area contributed by atoms with Gasteiger partial charge in [0.25, 0.3) is 0 Å². The number of nitrogens with zero attached hydrogens (tertiary/aromatic N) is 3. The molecule has 1 amide bonds. The number of amides is 1. The summed E-state index contributed by atoms with van der Waals surface area (Å²) in [6.45, 7) is 6.88. The Morgan fingerprint density at radius 2 is 2.17 bits per heavy atom. The van der Waals surface area contributed by atoms with E-state index < -0.39 is 0 Å². The minimum absolute atomic E-state index is 0.0252. The Bertz CT molecular complexity index is 419. The van der Waals surface area contributed by atoms with Gasteiger partial charge in [-0.3, -0.25) is 4.79 Å². The van der Waals surface area contributed by atoms with Gasteiger partial charge < -0.3 is 16.0 Å². The standard InChI is InChI=1S/C12H21N5O/c1-8(2)5-14-10(18)6-17(4)12-9(3)11(13)15-7-16-12/h7-8H,5-6H2,1-4H3,(H,14,18)(H2,13,15,16). The Morgan fingerprint density at radius 1 is 1.50 bits per heavy atom. The van der Waals surface area contributed by atoms with E-state index in [0.29, 0.717) is 24.1 Å². The average molecular weight is 251 g/mol. The lowest BCUT2D eigenvalue weighted by molar-refractivity contribution is -0.119. The zero-order chi connectivity index (χ0) is 13.7. The van der Waals surface area contributed by atoms with Crippen LogP contribution in [0.5, 0.6) is 0 Å². The van der Waals surface area contributed by atoms with E-state index in [9.17, 15) is 4.79 Å². The van der Waals surface area contributed by atoms with Gasteiger partial charge >= 0.3 is 0 Å². The number of likely N-dealkylation sites (N-methyl/N-ethyl adjacent to an activating group) is 1. The summed E-state index contributed by atoms with van der Waals surface area (Å²) in [6.07, 6.45) is 1.40. The number of nitrogen functional groups attached to an aromatic ring is 1. The largest absolute Gasteiger partial charge is 0.383 e. The van der Waals surface area contributed by atoms with Gasteiger partial charge in [-0.2, -0.15) is 0 Å². The lowest BCUT2D eigenvalue weighted by Gasteiger charge is -2.20. The van der Waals surface area contributed by atoms with Crippen molar-refractivity contribution >= 4 is 17.5 Å². The average Bonchev–Trinajstić information content (AvgIpc) is 2.30. The fraction of sp³-hybridized carbons (Fsp3) is 0.583. The topological polar surface area (TPSA) is 84.1 Å². The molecule has 0 fully saturated rings. The lowest BCUT2D eigenvalue weighted by Crippen LogP contribution is -2.37. The fourth-order valence-corrected chi connectivity index (χ4v) is 1.50. The smallest absolute Gasteiger partial charge is 0.239 e. The highest BCUT2D eigenvalue weighted by atomic mass is 16.2. The van der Waals surface area contributed by atoms with Crippen LogP contribution in [0.25, 0.3) is 0 Å². The predicted molar refractivity (Wildman–Crippen MR) is 72.3 cm³/mol. The summed E-state index contributed by atoms with van der Waals surface area (Å²) >= 11 is 0. The number of aromatic nitrogens is 2. The molecule has 6 heteroatoms. The van der Waals surface area contributed by atoms with Crippen LogP contribution in [-0.4, -0.2) is 36.0 Å². The molecule has 100 valence electrons. The molecule has 6 nitrogen and oxygen atoms in total. The summed E-state index contributed by atoms with van der Waals surface area (Å²) in [5.74, 6) is 1.54. The van der Waals surface area contributed by atoms with Crippen LogP contribution in [0.1, 0.15) is 19.4 Å². The van der Waals surface area contributed by atoms with E-state index in [-0.39, 0.29) is 12.5 Å². The van der Waals surface area contributed by atoms with Crippen molar-refractivity contribution in [2.75, 3.05) is 30.8 Å². The van der Waals surface area contributed by atoms with Crippen LogP contribution >= 0.6 is 0 Å². The molecule has 18 heavy (non-hydrogen) atoms. The molecule has 0 radical (unpaired) electrons. The third-order valence-corrected chi connectivity index (χ3v) is 2.55. The molecule has 1 aromatic heterocycles. The second-order valence-corrected chi connectivity index (χ2v) is 4.76. The highest BCUT2D eigenvalue weighted by Gasteiger charge is 2.12. The number of hydrogen-bond acceptors (Lipinski definition) is 5. The Hall–Kier alpha value is -1.85. The van der Waals surface area contributed by atoms with Crippen LogP contribution in [0.3, 0.4) is 0 Å². The molecule has 0 atom stereocenters. The monoisotopic (exact) mass is 251 g/mol. The number of nitrogens with two attached hydrogens (primary N) is 1. The Morgan fingerprint density at radius 3 is 2.78 bits per heavy atom. The summed E-state index contributed by atoms with van der Waals surface area (Å²) in [5.41, 5.74) is 6.50. The summed E-state index contributed by atoms with van der Waals surface area (Å²) in [7, 11) is 1.81. The molecule has 0 saturated heterocycles. The molecule has 0 saturated carbocycles. The Labute approximate surface area is 108 Å². The van der Waals surface area contributed by atoms with Gasteiger partial charge in [-0.05, 0) is 12.8 Å². The maximum atomic E-state index is 11.7. The van der Waals surface area contributed by atoms with Gasteiger partial charge in [0.1, 0.15) is 18.0 Å². The Kier molecular flexibility index (Phi) is 4.88. The van der Waals surface area contributed by atoms with Crippen molar-refractivity contribution in [2.24, 2.45) is 5.92 Å². The summed E-state index contributed by atoms with van der Waals surface area (Å²) in [4.78, 5) is 21.5. The van der Waals surface area contributed by atoms with Crippen molar-refractivity contribution in [3.63, 3.8) is 0 Å². The molecular weight excluding hydrogens is 230 g/mol. The molecule has 0 aliphatic carbocycles. The molecule has 3 N–H and O–H groups in total. The SMILES string of the molecule is Cc1c(N)ncnc1N(C)CC(=O)NCC(C)C. The van der Waals surface area contributed by atoms with Crippen molar-refractivity contribution in [1.82, 2.24) is 15.3 Å². The minimum atomic E-state index is -0.0252. The molecule has 0 aliphatic heterocycles. The van der Waals surface area contributed by atoms with E-state index in [2.05, 4.69) is 29.1 Å². The lowest BCUT2D eigenvalue weighted by atomic mass is 10.2. The van der Waals surface area contributed by atoms with Gasteiger partial charge in [-0.15, -0.1) is 0 Å². The third kappa shape index (κ3) is 3.87. The van der Waals surface area contributed by atoms with E-state index >= 15 is 0 Å². The first-order valence-electron chi connectivity index (χ1n) is 5.96. The first-order chi connectivity index (χ1) is 8.41. The molecule has 1 aromatic rings. The molecule has 1 heterocycles. The highest BCUT2D eigenvalue weighted by molar-refractivity contribution is 5.81. The molecule has 0 spiro atoms. The fourth-order valence-electron chi connectivity index (χ4n) is 1.50. The molecule has 0 unspecified atom stereocenters. The Balaban J connectivity index is 2.62. The van der Waals surface area contributed by atoms with Crippen molar-refractivity contribution < 1.29 is 4.79 Å². The van der Waals surface area contributed by atoms with E-state index in [1.807, 2.05) is 14.0 Å². The van der Waals surface area contributed by atoms with Crippen LogP contribution in [0.4, 0.5) is 11.6 Å². The van der Waals surface area contributed by atoms with E-state index in [0.717, 1.165) is 5.56 Å². The normalized spacial score (nSPS) is 10.5. The van der Waals surface area contributed by atoms with Crippen molar-refractivity contribution in [1.29, 1.82) is 0 Å². The highest BCUT2D eigenvalue weighted by Crippen LogP contribution is 2.18. The summed E-state index contributed by atoms with van der Waals surface area (Å²) in [5, 5.41) is 2.86. The number of rotatable bonds is 5. The van der Waals surface area contributed by atoms with Gasteiger partial charge in [0.15, 0.2) is 0 Å². The van der Waals surface area contributed by atoms with Crippen LogP contribution in [0.2, 0.25) is 0 Å². The predicted octanol–water partition coefficient (Wildman–Crippen LogP) is 0.576. The number of carbonyl (C=O) groups is 1. The summed E-state index contributed by atoms with van der Waals surface area (Å²) < 4.78 is 0. The molecule has 0 aromatic carbocycles. The zero-order valence-electron chi connectivity index (χ0n) is 11.4. The zero-order valence-corrected chi connectivity index (χ0v) is 11.4. The number of hydrogen-bond donors (Lipinski definition) is 2. The van der Waals surface area contributed by atoms with Gasteiger partial charge in [-0.1, -0.05) is 13.8 Å². The first-order valence-corrected chi connectivity index (χ1v) is 5.96. The van der Waals surface area contributed by atoms with Crippen LogP contribution < -0.4 is 16.0 Å². The van der Waals surface area contributed by atoms with Gasteiger partial charge in [0.2, 0.25) is 5.91 Å². The third-order valence-electron chi connectivity index (χ3n) is 2.55. The summed E-state index contributed by atoms with van der Waals surface area (Å²) in [6, 6.07) is 0. The first kappa shape index (κ1) is 14.2. The van der Waals surface area contributed by atoms with Gasteiger partial charge in [0, 0.05) is 19.2 Å².